The lowest BCUT2D eigenvalue weighted by Gasteiger charge is -2.16. The van der Waals surface area contributed by atoms with E-state index in [0.717, 1.165) is 34.4 Å². The van der Waals surface area contributed by atoms with Gasteiger partial charge in [-0.15, -0.1) is 0 Å². The zero-order chi connectivity index (χ0) is 23.0. The molecule has 0 spiro atoms. The molecule has 32 heavy (non-hydrogen) atoms. The minimum Gasteiger partial charge on any atom is -0.487 e. The van der Waals surface area contributed by atoms with E-state index in [9.17, 15) is 18.4 Å². The highest BCUT2D eigenvalue weighted by molar-refractivity contribution is 6.26. The molecule has 0 aromatic heterocycles. The fourth-order valence-electron chi connectivity index (χ4n) is 3.71. The minimum absolute atomic E-state index is 0.0730. The molecule has 0 bridgehead atoms. The Morgan fingerprint density at radius 3 is 2.09 bits per heavy atom. The molecule has 1 aliphatic heterocycles. The number of carbonyl (C=O) groups is 2. The molecule has 0 fully saturated rings. The van der Waals surface area contributed by atoms with Crippen molar-refractivity contribution in [2.45, 2.75) is 26.4 Å². The van der Waals surface area contributed by atoms with E-state index in [0.29, 0.717) is 11.3 Å². The van der Waals surface area contributed by atoms with E-state index in [1.807, 2.05) is 25.1 Å². The summed E-state index contributed by atoms with van der Waals surface area (Å²) in [6.45, 7) is 5.40. The van der Waals surface area contributed by atoms with E-state index in [4.69, 9.17) is 4.74 Å². The summed E-state index contributed by atoms with van der Waals surface area (Å²) in [6.07, 6.45) is 1.51. The van der Waals surface area contributed by atoms with Gasteiger partial charge in [0, 0.05) is 5.69 Å². The number of anilines is 1. The minimum atomic E-state index is -0.922. The smallest absolute Gasteiger partial charge is 0.261 e. The SMILES string of the molecule is Cc1c(C2=COC(C)(C)C2=O)cccc1-c1ccc(NC(=O)c2c(F)cccc2F)cc1. The fraction of sp³-hybridized carbons (Fsp3) is 0.154. The molecular weight excluding hydrogens is 412 g/mol. The molecule has 1 amide bonds. The van der Waals surface area contributed by atoms with Crippen LogP contribution in [-0.2, 0) is 9.53 Å². The molecule has 0 atom stereocenters. The first-order valence-electron chi connectivity index (χ1n) is 10.1. The Hall–Kier alpha value is -3.80. The average molecular weight is 433 g/mol. The Morgan fingerprint density at radius 2 is 1.50 bits per heavy atom. The summed E-state index contributed by atoms with van der Waals surface area (Å²) in [4.78, 5) is 25.0. The van der Waals surface area contributed by atoms with Gasteiger partial charge in [0.1, 0.15) is 17.2 Å². The maximum atomic E-state index is 13.8. The third-order valence-corrected chi connectivity index (χ3v) is 5.53. The van der Waals surface area contributed by atoms with Crippen molar-refractivity contribution in [2.24, 2.45) is 0 Å². The number of rotatable bonds is 4. The second-order valence-corrected chi connectivity index (χ2v) is 8.10. The number of benzene rings is 3. The molecule has 1 aliphatic rings. The monoisotopic (exact) mass is 433 g/mol. The maximum absolute atomic E-state index is 13.8. The summed E-state index contributed by atoms with van der Waals surface area (Å²) < 4.78 is 33.2. The predicted molar refractivity (Wildman–Crippen MR) is 119 cm³/mol. The zero-order valence-corrected chi connectivity index (χ0v) is 17.8. The highest BCUT2D eigenvalue weighted by Gasteiger charge is 2.38. The van der Waals surface area contributed by atoms with Crippen molar-refractivity contribution in [1.29, 1.82) is 0 Å². The zero-order valence-electron chi connectivity index (χ0n) is 17.8. The predicted octanol–water partition coefficient (Wildman–Crippen LogP) is 5.91. The maximum Gasteiger partial charge on any atom is 0.261 e. The Labute approximate surface area is 184 Å². The van der Waals surface area contributed by atoms with Crippen molar-refractivity contribution in [3.8, 4) is 11.1 Å². The molecule has 4 nitrogen and oxygen atoms in total. The van der Waals surface area contributed by atoms with Crippen molar-refractivity contribution in [3.05, 3.63) is 95.3 Å². The van der Waals surface area contributed by atoms with E-state index in [-0.39, 0.29) is 5.78 Å². The number of carbonyl (C=O) groups excluding carboxylic acids is 2. The van der Waals surface area contributed by atoms with Crippen LogP contribution in [0.15, 0.2) is 66.9 Å². The first kappa shape index (κ1) is 21.4. The standard InChI is InChI=1S/C26H21F2NO3/c1-15-18(6-4-7-19(15)20-14-32-26(2,3)24(20)30)16-10-12-17(13-11-16)29-25(31)23-21(27)8-5-9-22(23)28/h4-14H,1-3H3,(H,29,31). The molecule has 0 saturated heterocycles. The Bertz CT molecular complexity index is 1240. The molecule has 3 aromatic carbocycles. The molecule has 162 valence electrons. The quantitative estimate of drug-likeness (QED) is 0.556. The van der Waals surface area contributed by atoms with Gasteiger partial charge in [0.15, 0.2) is 5.60 Å². The topological polar surface area (TPSA) is 55.4 Å². The van der Waals surface area contributed by atoms with E-state index in [2.05, 4.69) is 5.32 Å². The molecule has 3 aromatic rings. The Kier molecular flexibility index (Phi) is 5.38. The molecule has 0 radical (unpaired) electrons. The summed E-state index contributed by atoms with van der Waals surface area (Å²) in [5.41, 5.74) is 2.92. The van der Waals surface area contributed by atoms with Gasteiger partial charge in [0.25, 0.3) is 5.91 Å². The lowest BCUT2D eigenvalue weighted by Crippen LogP contribution is -2.29. The molecular formula is C26H21F2NO3. The van der Waals surface area contributed by atoms with E-state index in [1.54, 1.807) is 38.1 Å². The van der Waals surface area contributed by atoms with Crippen LogP contribution in [0.5, 0.6) is 0 Å². The lowest BCUT2D eigenvalue weighted by molar-refractivity contribution is -0.125. The highest BCUT2D eigenvalue weighted by Crippen LogP contribution is 2.36. The van der Waals surface area contributed by atoms with Gasteiger partial charge in [-0.05, 0) is 67.3 Å². The van der Waals surface area contributed by atoms with Gasteiger partial charge in [-0.1, -0.05) is 36.4 Å². The Morgan fingerprint density at radius 1 is 0.906 bits per heavy atom. The van der Waals surface area contributed by atoms with Gasteiger partial charge in [0.05, 0.1) is 11.8 Å². The molecule has 0 unspecified atom stereocenters. The van der Waals surface area contributed by atoms with Gasteiger partial charge in [-0.3, -0.25) is 9.59 Å². The van der Waals surface area contributed by atoms with Crippen LogP contribution in [-0.4, -0.2) is 17.3 Å². The van der Waals surface area contributed by atoms with Crippen LogP contribution in [0.3, 0.4) is 0 Å². The van der Waals surface area contributed by atoms with Crippen molar-refractivity contribution in [2.75, 3.05) is 5.32 Å². The van der Waals surface area contributed by atoms with Crippen molar-refractivity contribution in [3.63, 3.8) is 0 Å². The first-order chi connectivity index (χ1) is 15.2. The summed E-state index contributed by atoms with van der Waals surface area (Å²) in [6, 6.07) is 15.9. The second-order valence-electron chi connectivity index (χ2n) is 8.10. The van der Waals surface area contributed by atoms with Crippen molar-refractivity contribution in [1.82, 2.24) is 0 Å². The van der Waals surface area contributed by atoms with Gasteiger partial charge < -0.3 is 10.1 Å². The van der Waals surface area contributed by atoms with Crippen LogP contribution in [0.2, 0.25) is 0 Å². The number of ether oxygens (including phenoxy) is 1. The third kappa shape index (κ3) is 3.80. The summed E-state index contributed by atoms with van der Waals surface area (Å²) >= 11 is 0. The van der Waals surface area contributed by atoms with Gasteiger partial charge in [-0.2, -0.15) is 0 Å². The first-order valence-corrected chi connectivity index (χ1v) is 10.1. The highest BCUT2D eigenvalue weighted by atomic mass is 19.1. The number of nitrogens with one attached hydrogen (secondary N) is 1. The number of ketones is 1. The number of hydrogen-bond acceptors (Lipinski definition) is 3. The van der Waals surface area contributed by atoms with E-state index < -0.39 is 28.7 Å². The Balaban J connectivity index is 1.59. The van der Waals surface area contributed by atoms with Gasteiger partial charge in [0.2, 0.25) is 5.78 Å². The van der Waals surface area contributed by atoms with Crippen LogP contribution < -0.4 is 5.32 Å². The third-order valence-electron chi connectivity index (χ3n) is 5.53. The largest absolute Gasteiger partial charge is 0.487 e. The van der Waals surface area contributed by atoms with Crippen LogP contribution >= 0.6 is 0 Å². The fourth-order valence-corrected chi connectivity index (χ4v) is 3.71. The van der Waals surface area contributed by atoms with Crippen LogP contribution in [0.25, 0.3) is 16.7 Å². The van der Waals surface area contributed by atoms with Crippen LogP contribution in [0.1, 0.15) is 35.3 Å². The van der Waals surface area contributed by atoms with Crippen LogP contribution in [0, 0.1) is 18.6 Å². The number of halogens is 2. The van der Waals surface area contributed by atoms with Crippen molar-refractivity contribution < 1.29 is 23.1 Å². The molecule has 1 heterocycles. The van der Waals surface area contributed by atoms with E-state index >= 15 is 0 Å². The number of hydrogen-bond donors (Lipinski definition) is 1. The summed E-state index contributed by atoms with van der Waals surface area (Å²) in [5, 5.41) is 2.51. The van der Waals surface area contributed by atoms with Gasteiger partial charge in [-0.25, -0.2) is 8.78 Å². The molecule has 6 heteroatoms. The molecule has 4 rings (SSSR count). The van der Waals surface area contributed by atoms with Crippen molar-refractivity contribution >= 4 is 23.0 Å². The lowest BCUT2D eigenvalue weighted by atomic mass is 9.89. The summed E-state index contributed by atoms with van der Waals surface area (Å²) in [5.74, 6) is -2.78. The number of amides is 1. The van der Waals surface area contributed by atoms with E-state index in [1.165, 1.54) is 12.3 Å². The second kappa shape index (κ2) is 8.04. The normalized spacial score (nSPS) is 14.7. The van der Waals surface area contributed by atoms with Gasteiger partial charge >= 0.3 is 0 Å². The molecule has 0 saturated carbocycles. The summed E-state index contributed by atoms with van der Waals surface area (Å²) in [7, 11) is 0. The molecule has 0 aliphatic carbocycles. The molecule has 1 N–H and O–H groups in total. The number of Topliss-reactive ketones (excluding diaryl/α,β-unsaturated/α-hetero) is 1. The van der Waals surface area contributed by atoms with Crippen LogP contribution in [0.4, 0.5) is 14.5 Å². The average Bonchev–Trinajstić information content (AvgIpc) is 3.01.